The predicted molar refractivity (Wildman–Crippen MR) is 146 cm³/mol. The van der Waals surface area contributed by atoms with Crippen LogP contribution in [-0.2, 0) is 6.42 Å². The Hall–Kier alpha value is -2.08. The Morgan fingerprint density at radius 2 is 1.70 bits per heavy atom. The second-order valence-electron chi connectivity index (χ2n) is 8.81. The van der Waals surface area contributed by atoms with Crippen molar-refractivity contribution in [2.75, 3.05) is 32.5 Å². The molecule has 0 spiro atoms. The van der Waals surface area contributed by atoms with Crippen LogP contribution in [0.3, 0.4) is 0 Å². The van der Waals surface area contributed by atoms with E-state index in [1.165, 1.54) is 32.1 Å². The van der Waals surface area contributed by atoms with Gasteiger partial charge in [-0.15, -0.1) is 24.8 Å². The lowest BCUT2D eigenvalue weighted by Gasteiger charge is -2.14. The number of nitrogens with one attached hydrogen (secondary N) is 1. The molecule has 2 aromatic heterocycles. The summed E-state index contributed by atoms with van der Waals surface area (Å²) in [4.78, 5) is 20.6. The minimum atomic E-state index is 0. The van der Waals surface area contributed by atoms with Crippen LogP contribution in [0.25, 0.3) is 27.3 Å². The SMILES string of the molecule is CCCCCCCCc1nc2ccc(NCCN(C)C)c3c(=O)c4ccccc4n1c23.Cl.Cl. The molecule has 4 aromatic rings. The number of pyridine rings is 1. The van der Waals surface area contributed by atoms with Gasteiger partial charge in [0.2, 0.25) is 0 Å². The number of nitrogens with zero attached hydrogens (tertiary/aromatic N) is 3. The molecule has 2 heterocycles. The fourth-order valence-electron chi connectivity index (χ4n) is 4.49. The molecule has 0 atom stereocenters. The van der Waals surface area contributed by atoms with Gasteiger partial charge in [-0.1, -0.05) is 51.2 Å². The summed E-state index contributed by atoms with van der Waals surface area (Å²) in [6, 6.07) is 12.0. The number of fused-ring (bicyclic) bond motifs is 2. The summed E-state index contributed by atoms with van der Waals surface area (Å²) in [6.07, 6.45) is 8.49. The van der Waals surface area contributed by atoms with Gasteiger partial charge in [0.1, 0.15) is 5.82 Å². The Morgan fingerprint density at radius 3 is 2.45 bits per heavy atom. The molecule has 0 saturated heterocycles. The minimum absolute atomic E-state index is 0. The molecule has 0 aliphatic carbocycles. The normalized spacial score (nSPS) is 11.3. The number of hydrogen-bond donors (Lipinski definition) is 1. The summed E-state index contributed by atoms with van der Waals surface area (Å²) in [6.45, 7) is 3.95. The third-order valence-corrected chi connectivity index (χ3v) is 6.13. The topological polar surface area (TPSA) is 49.6 Å². The van der Waals surface area contributed by atoms with Gasteiger partial charge in [0, 0.05) is 30.6 Å². The minimum Gasteiger partial charge on any atom is -0.383 e. The predicted octanol–water partition coefficient (Wildman–Crippen LogP) is 6.16. The van der Waals surface area contributed by atoms with E-state index < -0.39 is 0 Å². The Labute approximate surface area is 208 Å². The number of rotatable bonds is 11. The van der Waals surface area contributed by atoms with Gasteiger partial charge in [0.05, 0.1) is 21.9 Å². The Kier molecular flexibility index (Phi) is 10.2. The highest BCUT2D eigenvalue weighted by Crippen LogP contribution is 2.30. The highest BCUT2D eigenvalue weighted by molar-refractivity contribution is 6.07. The summed E-state index contributed by atoms with van der Waals surface area (Å²) in [5, 5.41) is 5.01. The number of anilines is 1. The first-order valence-electron chi connectivity index (χ1n) is 11.7. The molecule has 0 radical (unpaired) electrons. The molecule has 180 valence electrons. The standard InChI is InChI=1S/C26H34N4O.2ClH/c1-4-5-6-7-8-9-14-23-28-21-16-15-20(27-17-18-29(2)3)24-25(21)30(23)22-13-11-10-12-19(22)26(24)31;;/h10-13,15-16,27H,4-9,14,17-18H2,1-3H3;2*1H. The van der Waals surface area contributed by atoms with Gasteiger partial charge in [-0.2, -0.15) is 0 Å². The maximum Gasteiger partial charge on any atom is 0.199 e. The Morgan fingerprint density at radius 1 is 0.970 bits per heavy atom. The number of imidazole rings is 1. The zero-order valence-corrected chi connectivity index (χ0v) is 21.5. The number of likely N-dealkylation sites (N-methyl/N-ethyl adjacent to an activating group) is 1. The summed E-state index contributed by atoms with van der Waals surface area (Å²) in [7, 11) is 4.11. The van der Waals surface area contributed by atoms with Crippen LogP contribution in [0.4, 0.5) is 5.69 Å². The van der Waals surface area contributed by atoms with E-state index in [-0.39, 0.29) is 30.2 Å². The van der Waals surface area contributed by atoms with E-state index in [2.05, 4.69) is 41.7 Å². The fraction of sp³-hybridized carbons (Fsp3) is 0.462. The zero-order valence-electron chi connectivity index (χ0n) is 19.9. The lowest BCUT2D eigenvalue weighted by molar-refractivity contribution is 0.425. The molecule has 0 amide bonds. The lowest BCUT2D eigenvalue weighted by atomic mass is 10.1. The second-order valence-corrected chi connectivity index (χ2v) is 8.81. The van der Waals surface area contributed by atoms with Crippen molar-refractivity contribution in [1.29, 1.82) is 0 Å². The molecule has 4 rings (SSSR count). The van der Waals surface area contributed by atoms with Crippen LogP contribution >= 0.6 is 24.8 Å². The molecule has 0 saturated carbocycles. The largest absolute Gasteiger partial charge is 0.383 e. The van der Waals surface area contributed by atoms with Crippen molar-refractivity contribution < 1.29 is 0 Å². The Bertz CT molecular complexity index is 1220. The Balaban J connectivity index is 0.00000193. The van der Waals surface area contributed by atoms with Crippen molar-refractivity contribution in [2.24, 2.45) is 0 Å². The number of aromatic nitrogens is 2. The van der Waals surface area contributed by atoms with Crippen LogP contribution < -0.4 is 10.7 Å². The van der Waals surface area contributed by atoms with Gasteiger partial charge in [-0.3, -0.25) is 9.20 Å². The summed E-state index contributed by atoms with van der Waals surface area (Å²) in [5.74, 6) is 1.07. The molecule has 0 aliphatic rings. The maximum atomic E-state index is 13.5. The average molecular weight is 492 g/mol. The quantitative estimate of drug-likeness (QED) is 0.202. The van der Waals surface area contributed by atoms with Crippen molar-refractivity contribution in [1.82, 2.24) is 14.3 Å². The highest BCUT2D eigenvalue weighted by Gasteiger charge is 2.19. The van der Waals surface area contributed by atoms with Crippen molar-refractivity contribution in [3.8, 4) is 0 Å². The molecule has 7 heteroatoms. The molecule has 0 unspecified atom stereocenters. The molecule has 0 fully saturated rings. The van der Waals surface area contributed by atoms with Gasteiger partial charge >= 0.3 is 0 Å². The number of unbranched alkanes of at least 4 members (excludes halogenated alkanes) is 5. The van der Waals surface area contributed by atoms with Crippen molar-refractivity contribution in [3.05, 3.63) is 52.4 Å². The molecular weight excluding hydrogens is 455 g/mol. The van der Waals surface area contributed by atoms with E-state index in [0.29, 0.717) is 0 Å². The molecule has 33 heavy (non-hydrogen) atoms. The number of aryl methyl sites for hydroxylation is 1. The summed E-state index contributed by atoms with van der Waals surface area (Å²) in [5.41, 5.74) is 3.83. The van der Waals surface area contributed by atoms with Crippen molar-refractivity contribution in [3.63, 3.8) is 0 Å². The number of benzene rings is 2. The van der Waals surface area contributed by atoms with Crippen LogP contribution in [0, 0.1) is 0 Å². The number of halogens is 2. The molecule has 1 N–H and O–H groups in total. The zero-order chi connectivity index (χ0) is 21.8. The van der Waals surface area contributed by atoms with Crippen molar-refractivity contribution in [2.45, 2.75) is 51.9 Å². The second kappa shape index (κ2) is 12.4. The molecule has 0 bridgehead atoms. The maximum absolute atomic E-state index is 13.5. The van der Waals surface area contributed by atoms with Crippen LogP contribution in [0.2, 0.25) is 0 Å². The third kappa shape index (κ3) is 5.71. The number of hydrogen-bond acceptors (Lipinski definition) is 4. The van der Waals surface area contributed by atoms with Gasteiger partial charge in [-0.05, 0) is 44.8 Å². The van der Waals surface area contributed by atoms with E-state index in [9.17, 15) is 4.79 Å². The highest BCUT2D eigenvalue weighted by atomic mass is 35.5. The molecule has 2 aromatic carbocycles. The van der Waals surface area contributed by atoms with Crippen LogP contribution in [0.1, 0.15) is 51.3 Å². The monoisotopic (exact) mass is 490 g/mol. The molecule has 5 nitrogen and oxygen atoms in total. The van der Waals surface area contributed by atoms with Gasteiger partial charge in [0.15, 0.2) is 5.43 Å². The molecular formula is C26H36Cl2N4O. The summed E-state index contributed by atoms with van der Waals surface area (Å²) < 4.78 is 2.24. The summed E-state index contributed by atoms with van der Waals surface area (Å²) >= 11 is 0. The van der Waals surface area contributed by atoms with E-state index in [4.69, 9.17) is 4.98 Å². The van der Waals surface area contributed by atoms with Crippen LogP contribution in [0.5, 0.6) is 0 Å². The first-order valence-corrected chi connectivity index (χ1v) is 11.7. The van der Waals surface area contributed by atoms with E-state index >= 15 is 0 Å². The van der Waals surface area contributed by atoms with Crippen LogP contribution in [-0.4, -0.2) is 41.5 Å². The average Bonchev–Trinajstić information content (AvgIpc) is 3.13. The fourth-order valence-corrected chi connectivity index (χ4v) is 4.49. The van der Waals surface area contributed by atoms with E-state index in [1.54, 1.807) is 0 Å². The van der Waals surface area contributed by atoms with Crippen molar-refractivity contribution >= 4 is 57.8 Å². The lowest BCUT2D eigenvalue weighted by Crippen LogP contribution is -2.21. The van der Waals surface area contributed by atoms with Crippen LogP contribution in [0.15, 0.2) is 41.2 Å². The van der Waals surface area contributed by atoms with Gasteiger partial charge in [0.25, 0.3) is 0 Å². The first kappa shape index (κ1) is 27.2. The smallest absolute Gasteiger partial charge is 0.199 e. The van der Waals surface area contributed by atoms with Gasteiger partial charge < -0.3 is 10.2 Å². The van der Waals surface area contributed by atoms with E-state index in [1.807, 2.05) is 30.3 Å². The first-order chi connectivity index (χ1) is 15.1. The van der Waals surface area contributed by atoms with Gasteiger partial charge in [-0.25, -0.2) is 4.98 Å². The third-order valence-electron chi connectivity index (χ3n) is 6.13. The number of para-hydroxylation sites is 1. The van der Waals surface area contributed by atoms with E-state index in [0.717, 1.165) is 64.8 Å². The molecule has 0 aliphatic heterocycles.